The first-order valence-electron chi connectivity index (χ1n) is 9.21. The maximum Gasteiger partial charge on any atom is 0.329 e. The topological polar surface area (TPSA) is 145 Å². The molecule has 0 radical (unpaired) electrons. The van der Waals surface area contributed by atoms with E-state index in [1.54, 1.807) is 18.2 Å². The molecule has 1 heterocycles. The molecule has 2 aromatic rings. The predicted octanol–water partition coefficient (Wildman–Crippen LogP) is 3.16. The third-order valence-electron chi connectivity index (χ3n) is 4.92. The van der Waals surface area contributed by atoms with Crippen LogP contribution in [0.1, 0.15) is 31.2 Å². The summed E-state index contributed by atoms with van der Waals surface area (Å²) in [4.78, 5) is 19.1. The molecule has 1 aromatic carbocycles. The smallest absolute Gasteiger partial charge is 0.329 e. The van der Waals surface area contributed by atoms with Gasteiger partial charge in [0.2, 0.25) is 11.8 Å². The van der Waals surface area contributed by atoms with E-state index < -0.39 is 4.92 Å². The average molecular weight is 406 g/mol. The Kier molecular flexibility index (Phi) is 6.48. The van der Waals surface area contributed by atoms with Crippen molar-refractivity contribution in [2.75, 3.05) is 22.9 Å². The quantitative estimate of drug-likeness (QED) is 0.312. The van der Waals surface area contributed by atoms with Crippen LogP contribution in [0.5, 0.6) is 0 Å². The third-order valence-corrected chi connectivity index (χ3v) is 5.29. The van der Waals surface area contributed by atoms with E-state index in [2.05, 4.69) is 20.6 Å². The molecule has 6 N–H and O–H groups in total. The van der Waals surface area contributed by atoms with Gasteiger partial charge >= 0.3 is 5.69 Å². The molecule has 3 rings (SSSR count). The number of benzene rings is 1. The highest BCUT2D eigenvalue weighted by Crippen LogP contribution is 2.27. The van der Waals surface area contributed by atoms with E-state index in [-0.39, 0.29) is 23.5 Å². The van der Waals surface area contributed by atoms with E-state index in [1.807, 2.05) is 0 Å². The summed E-state index contributed by atoms with van der Waals surface area (Å²) in [7, 11) is 0. The van der Waals surface area contributed by atoms with E-state index in [1.165, 1.54) is 6.20 Å². The average Bonchev–Trinajstić information content (AvgIpc) is 2.68. The van der Waals surface area contributed by atoms with E-state index in [4.69, 9.17) is 23.1 Å². The molecule has 0 aliphatic heterocycles. The van der Waals surface area contributed by atoms with E-state index >= 15 is 0 Å². The van der Waals surface area contributed by atoms with Crippen LogP contribution in [0.4, 0.5) is 23.1 Å². The number of nitrogens with zero attached hydrogens (tertiary/aromatic N) is 3. The molecule has 1 aromatic heterocycles. The second kappa shape index (κ2) is 9.03. The lowest BCUT2D eigenvalue weighted by molar-refractivity contribution is -0.384. The summed E-state index contributed by atoms with van der Waals surface area (Å²) in [5.41, 5.74) is 12.9. The zero-order valence-corrected chi connectivity index (χ0v) is 16.2. The van der Waals surface area contributed by atoms with Gasteiger partial charge in [-0.3, -0.25) is 10.1 Å². The molecule has 150 valence electrons. The Morgan fingerprint density at radius 2 is 2.00 bits per heavy atom. The number of halogens is 1. The van der Waals surface area contributed by atoms with Crippen LogP contribution in [-0.2, 0) is 6.54 Å². The molecular formula is C18H24ClN7O2. The Labute approximate surface area is 168 Å². The standard InChI is InChI=1S/C18H24ClN7O2/c19-15-6-5-14(21)7-12(15)9-23-18-24-10-16(26(27)28)17(25-18)22-8-11-1-3-13(20)4-2-11/h5-7,10-11,13H,1-4,8-9,20-21H2,(H2,22,23,24,25)/t11-,13-. The van der Waals surface area contributed by atoms with Gasteiger partial charge in [-0.25, -0.2) is 4.98 Å². The van der Waals surface area contributed by atoms with Gasteiger partial charge in [-0.05, 0) is 55.4 Å². The Morgan fingerprint density at radius 3 is 2.71 bits per heavy atom. The SMILES string of the molecule is Nc1ccc(Cl)c(CNc2ncc([N+](=O)[O-])c(NC[C@H]3CC[C@H](N)CC3)n2)c1. The molecule has 0 saturated heterocycles. The molecule has 0 atom stereocenters. The molecule has 0 unspecified atom stereocenters. The molecule has 0 amide bonds. The monoisotopic (exact) mass is 405 g/mol. The zero-order chi connectivity index (χ0) is 20.1. The number of anilines is 3. The van der Waals surface area contributed by atoms with Crippen molar-refractivity contribution in [2.24, 2.45) is 11.7 Å². The highest BCUT2D eigenvalue weighted by atomic mass is 35.5. The van der Waals surface area contributed by atoms with E-state index in [0.29, 0.717) is 29.7 Å². The number of hydrogen-bond acceptors (Lipinski definition) is 8. The minimum atomic E-state index is -0.488. The Balaban J connectivity index is 1.68. The van der Waals surface area contributed by atoms with Crippen molar-refractivity contribution >= 4 is 34.7 Å². The first-order valence-corrected chi connectivity index (χ1v) is 9.59. The minimum Gasteiger partial charge on any atom is -0.399 e. The van der Waals surface area contributed by atoms with Crippen molar-refractivity contribution < 1.29 is 4.92 Å². The highest BCUT2D eigenvalue weighted by molar-refractivity contribution is 6.31. The lowest BCUT2D eigenvalue weighted by Gasteiger charge is -2.26. The largest absolute Gasteiger partial charge is 0.399 e. The van der Waals surface area contributed by atoms with Crippen molar-refractivity contribution in [3.63, 3.8) is 0 Å². The molecule has 28 heavy (non-hydrogen) atoms. The van der Waals surface area contributed by atoms with Gasteiger partial charge in [0.15, 0.2) is 0 Å². The molecule has 1 aliphatic carbocycles. The molecule has 10 heteroatoms. The van der Waals surface area contributed by atoms with Gasteiger partial charge in [0.1, 0.15) is 6.20 Å². The lowest BCUT2D eigenvalue weighted by atomic mass is 9.86. The summed E-state index contributed by atoms with van der Waals surface area (Å²) in [6.45, 7) is 0.965. The summed E-state index contributed by atoms with van der Waals surface area (Å²) >= 11 is 6.16. The van der Waals surface area contributed by atoms with Crippen LogP contribution in [0.25, 0.3) is 0 Å². The summed E-state index contributed by atoms with van der Waals surface area (Å²) in [6.07, 6.45) is 5.17. The van der Waals surface area contributed by atoms with Crippen molar-refractivity contribution in [2.45, 2.75) is 38.3 Å². The first-order chi connectivity index (χ1) is 13.4. The molecular weight excluding hydrogens is 382 g/mol. The van der Waals surface area contributed by atoms with E-state index in [9.17, 15) is 10.1 Å². The Hall–Kier alpha value is -2.65. The summed E-state index contributed by atoms with van der Waals surface area (Å²) in [6, 6.07) is 5.45. The second-order valence-electron chi connectivity index (χ2n) is 7.05. The van der Waals surface area contributed by atoms with Crippen LogP contribution in [-0.4, -0.2) is 27.5 Å². The zero-order valence-electron chi connectivity index (χ0n) is 15.4. The normalized spacial score (nSPS) is 19.2. The molecule has 1 saturated carbocycles. The van der Waals surface area contributed by atoms with Crippen molar-refractivity contribution in [3.8, 4) is 0 Å². The van der Waals surface area contributed by atoms with Gasteiger partial charge in [-0.2, -0.15) is 4.98 Å². The van der Waals surface area contributed by atoms with Crippen molar-refractivity contribution in [3.05, 3.63) is 45.1 Å². The number of hydrogen-bond donors (Lipinski definition) is 4. The summed E-state index contributed by atoms with van der Waals surface area (Å²) in [5.74, 6) is 0.908. The van der Waals surface area contributed by atoms with Crippen LogP contribution in [0.2, 0.25) is 5.02 Å². The van der Waals surface area contributed by atoms with Crippen molar-refractivity contribution in [1.29, 1.82) is 0 Å². The minimum absolute atomic E-state index is 0.153. The molecule has 1 aliphatic rings. The van der Waals surface area contributed by atoms with Crippen LogP contribution >= 0.6 is 11.6 Å². The number of aromatic nitrogens is 2. The second-order valence-corrected chi connectivity index (χ2v) is 7.46. The Bertz CT molecular complexity index is 841. The number of nitrogens with one attached hydrogen (secondary N) is 2. The van der Waals surface area contributed by atoms with Gasteiger partial charge in [-0.15, -0.1) is 0 Å². The van der Waals surface area contributed by atoms with Crippen LogP contribution < -0.4 is 22.1 Å². The maximum absolute atomic E-state index is 11.3. The fourth-order valence-corrected chi connectivity index (χ4v) is 3.45. The molecule has 9 nitrogen and oxygen atoms in total. The van der Waals surface area contributed by atoms with Gasteiger partial charge in [0, 0.05) is 29.8 Å². The van der Waals surface area contributed by atoms with Crippen LogP contribution in [0.15, 0.2) is 24.4 Å². The molecule has 0 bridgehead atoms. The maximum atomic E-state index is 11.3. The van der Waals surface area contributed by atoms with Crippen LogP contribution in [0.3, 0.4) is 0 Å². The fourth-order valence-electron chi connectivity index (χ4n) is 3.26. The van der Waals surface area contributed by atoms with Gasteiger partial charge in [-0.1, -0.05) is 11.6 Å². The number of rotatable bonds is 7. The van der Waals surface area contributed by atoms with Gasteiger partial charge in [0.25, 0.3) is 0 Å². The van der Waals surface area contributed by atoms with E-state index in [0.717, 1.165) is 31.2 Å². The summed E-state index contributed by atoms with van der Waals surface area (Å²) < 4.78 is 0. The summed E-state index contributed by atoms with van der Waals surface area (Å²) in [5, 5.41) is 18.0. The molecule has 1 fully saturated rings. The highest BCUT2D eigenvalue weighted by Gasteiger charge is 2.21. The Morgan fingerprint density at radius 1 is 1.25 bits per heavy atom. The third kappa shape index (κ3) is 5.20. The number of nitro groups is 1. The van der Waals surface area contributed by atoms with Crippen molar-refractivity contribution in [1.82, 2.24) is 9.97 Å². The first kappa shape index (κ1) is 20.1. The number of nitrogen functional groups attached to an aromatic ring is 1. The fraction of sp³-hybridized carbons (Fsp3) is 0.444. The molecule has 0 spiro atoms. The number of nitrogens with two attached hydrogens (primary N) is 2. The van der Waals surface area contributed by atoms with Gasteiger partial charge < -0.3 is 22.1 Å². The predicted molar refractivity (Wildman–Crippen MR) is 110 cm³/mol. The lowest BCUT2D eigenvalue weighted by Crippen LogP contribution is -2.29. The van der Waals surface area contributed by atoms with Gasteiger partial charge in [0.05, 0.1) is 4.92 Å². The van der Waals surface area contributed by atoms with Crippen LogP contribution in [0, 0.1) is 16.0 Å².